The van der Waals surface area contributed by atoms with Gasteiger partial charge in [-0.25, -0.2) is 15.0 Å². The van der Waals surface area contributed by atoms with Crippen molar-refractivity contribution >= 4 is 17.2 Å². The molecule has 7 nitrogen and oxygen atoms in total. The molecular weight excluding hydrogens is 350 g/mol. The van der Waals surface area contributed by atoms with Crippen LogP contribution in [0.3, 0.4) is 0 Å². The molecule has 0 atom stereocenters. The Morgan fingerprint density at radius 1 is 1.31 bits per heavy atom. The van der Waals surface area contributed by atoms with Crippen LogP contribution < -0.4 is 5.32 Å². The Balaban J connectivity index is 1.66. The van der Waals surface area contributed by atoms with Gasteiger partial charge in [0.2, 0.25) is 0 Å². The van der Waals surface area contributed by atoms with Gasteiger partial charge in [-0.3, -0.25) is 9.69 Å². The summed E-state index contributed by atoms with van der Waals surface area (Å²) in [5, 5.41) is 14.7. The number of carbonyl (C=O) groups excluding carboxylic acids is 1. The van der Waals surface area contributed by atoms with Gasteiger partial charge >= 0.3 is 0 Å². The zero-order valence-corrected chi connectivity index (χ0v) is 15.8. The van der Waals surface area contributed by atoms with Gasteiger partial charge in [-0.05, 0) is 26.0 Å². The minimum Gasteiger partial charge on any atom is -0.395 e. The third kappa shape index (κ3) is 4.25. The van der Waals surface area contributed by atoms with E-state index in [1.54, 1.807) is 23.8 Å². The predicted octanol–water partition coefficient (Wildman–Crippen LogP) is 1.96. The van der Waals surface area contributed by atoms with Gasteiger partial charge in [0.05, 0.1) is 6.61 Å². The van der Waals surface area contributed by atoms with Crippen LogP contribution in [0.5, 0.6) is 0 Å². The first-order chi connectivity index (χ1) is 12.6. The average molecular weight is 375 g/mol. The molecule has 1 fully saturated rings. The lowest BCUT2D eigenvalue weighted by Crippen LogP contribution is -2.56. The van der Waals surface area contributed by atoms with Gasteiger partial charge in [0.1, 0.15) is 5.69 Å². The molecule has 140 valence electrons. The molecule has 2 N–H and O–H groups in total. The minimum atomic E-state index is -0.175. The van der Waals surface area contributed by atoms with Gasteiger partial charge in [-0.1, -0.05) is 19.3 Å². The highest BCUT2D eigenvalue weighted by Gasteiger charge is 2.36. The largest absolute Gasteiger partial charge is 0.395 e. The van der Waals surface area contributed by atoms with Crippen LogP contribution in [-0.2, 0) is 0 Å². The number of hydrogen-bond acceptors (Lipinski definition) is 7. The molecule has 1 aliphatic carbocycles. The summed E-state index contributed by atoms with van der Waals surface area (Å²) >= 11 is 1.37. The first-order valence-corrected chi connectivity index (χ1v) is 9.86. The van der Waals surface area contributed by atoms with Crippen molar-refractivity contribution in [2.24, 2.45) is 0 Å². The Bertz CT molecular complexity index is 715. The van der Waals surface area contributed by atoms with E-state index in [1.165, 1.54) is 17.8 Å². The normalized spacial score (nSPS) is 16.6. The van der Waals surface area contributed by atoms with Crippen LogP contribution in [0, 0.1) is 0 Å². The quantitative estimate of drug-likeness (QED) is 0.769. The molecule has 1 amide bonds. The van der Waals surface area contributed by atoms with Crippen LogP contribution in [-0.4, -0.2) is 63.1 Å². The second-order valence-electron chi connectivity index (χ2n) is 6.72. The van der Waals surface area contributed by atoms with Crippen molar-refractivity contribution in [2.45, 2.75) is 37.6 Å². The van der Waals surface area contributed by atoms with Crippen molar-refractivity contribution in [3.8, 4) is 10.8 Å². The van der Waals surface area contributed by atoms with Gasteiger partial charge in [0.15, 0.2) is 10.8 Å². The van der Waals surface area contributed by atoms with Crippen LogP contribution in [0.1, 0.15) is 42.6 Å². The molecule has 2 heterocycles. The smallest absolute Gasteiger partial charge is 0.270 e. The van der Waals surface area contributed by atoms with Crippen molar-refractivity contribution in [1.82, 2.24) is 25.2 Å². The number of aliphatic hydroxyl groups excluding tert-OH is 1. The summed E-state index contributed by atoms with van der Waals surface area (Å²) in [6.45, 7) is 1.30. The molecule has 2 aromatic rings. The van der Waals surface area contributed by atoms with Gasteiger partial charge in [0.25, 0.3) is 5.91 Å². The molecule has 0 aliphatic heterocycles. The van der Waals surface area contributed by atoms with Crippen molar-refractivity contribution in [1.29, 1.82) is 0 Å². The van der Waals surface area contributed by atoms with Crippen molar-refractivity contribution in [2.75, 3.05) is 26.7 Å². The molecule has 0 spiro atoms. The number of carbonyl (C=O) groups is 1. The van der Waals surface area contributed by atoms with Gasteiger partial charge in [-0.15, -0.1) is 11.3 Å². The van der Waals surface area contributed by atoms with Gasteiger partial charge in [0, 0.05) is 36.4 Å². The summed E-state index contributed by atoms with van der Waals surface area (Å²) in [7, 11) is 2.03. The number of β-amino-alcohol motifs (C(OH)–C–C–N with tert-alkyl or cyclic N) is 1. The molecule has 0 saturated heterocycles. The maximum atomic E-state index is 12.6. The zero-order valence-electron chi connectivity index (χ0n) is 15.0. The number of aromatic nitrogens is 3. The van der Waals surface area contributed by atoms with E-state index in [4.69, 9.17) is 0 Å². The number of rotatable bonds is 7. The van der Waals surface area contributed by atoms with E-state index >= 15 is 0 Å². The first kappa shape index (κ1) is 18.9. The second-order valence-corrected chi connectivity index (χ2v) is 7.58. The summed E-state index contributed by atoms with van der Waals surface area (Å²) in [4.78, 5) is 27.5. The molecule has 1 aliphatic rings. The molecule has 0 radical (unpaired) electrons. The van der Waals surface area contributed by atoms with Crippen LogP contribution in [0.25, 0.3) is 10.8 Å². The number of likely N-dealkylation sites (N-methyl/N-ethyl adjacent to an activating group) is 1. The Hall–Kier alpha value is -1.90. The van der Waals surface area contributed by atoms with Gasteiger partial charge < -0.3 is 10.4 Å². The van der Waals surface area contributed by atoms with E-state index < -0.39 is 0 Å². The van der Waals surface area contributed by atoms with Crippen LogP contribution in [0.15, 0.2) is 23.8 Å². The summed E-state index contributed by atoms with van der Waals surface area (Å²) < 4.78 is 0. The topological polar surface area (TPSA) is 91.2 Å². The van der Waals surface area contributed by atoms with Crippen molar-refractivity contribution in [3.63, 3.8) is 0 Å². The highest BCUT2D eigenvalue weighted by atomic mass is 32.1. The number of nitrogens with one attached hydrogen (secondary N) is 1. The lowest BCUT2D eigenvalue weighted by molar-refractivity contribution is 0.0548. The summed E-state index contributed by atoms with van der Waals surface area (Å²) in [5.74, 6) is 0.355. The number of amides is 1. The second kappa shape index (κ2) is 8.66. The van der Waals surface area contributed by atoms with E-state index in [0.717, 1.165) is 25.7 Å². The van der Waals surface area contributed by atoms with E-state index in [-0.39, 0.29) is 18.1 Å². The van der Waals surface area contributed by atoms with Crippen LogP contribution in [0.2, 0.25) is 0 Å². The molecule has 3 rings (SSSR count). The highest BCUT2D eigenvalue weighted by Crippen LogP contribution is 2.32. The summed E-state index contributed by atoms with van der Waals surface area (Å²) in [5.41, 5.74) is 0.311. The fourth-order valence-corrected chi connectivity index (χ4v) is 4.26. The molecule has 0 bridgehead atoms. The Kier molecular flexibility index (Phi) is 6.29. The van der Waals surface area contributed by atoms with E-state index in [0.29, 0.717) is 29.6 Å². The maximum absolute atomic E-state index is 12.6. The van der Waals surface area contributed by atoms with Crippen molar-refractivity contribution in [3.05, 3.63) is 29.5 Å². The number of thiazole rings is 1. The predicted molar refractivity (Wildman–Crippen MR) is 101 cm³/mol. The van der Waals surface area contributed by atoms with Gasteiger partial charge in [-0.2, -0.15) is 0 Å². The maximum Gasteiger partial charge on any atom is 0.270 e. The third-order valence-electron chi connectivity index (χ3n) is 5.10. The number of hydrogen-bond donors (Lipinski definition) is 2. The minimum absolute atomic E-state index is 0.0853. The van der Waals surface area contributed by atoms with Crippen molar-refractivity contribution < 1.29 is 9.90 Å². The first-order valence-electron chi connectivity index (χ1n) is 8.98. The SMILES string of the molecule is CN(CCO)C1(CNC(=O)c2csc(-c3ncccn3)n2)CCCCC1. The van der Waals surface area contributed by atoms with Crippen LogP contribution in [0.4, 0.5) is 0 Å². The Morgan fingerprint density at radius 2 is 2.04 bits per heavy atom. The molecular formula is C18H25N5O2S. The fraction of sp³-hybridized carbons (Fsp3) is 0.556. The molecule has 0 unspecified atom stereocenters. The molecule has 0 aromatic carbocycles. The zero-order chi connectivity index (χ0) is 18.4. The number of aliphatic hydroxyl groups is 1. The number of nitrogens with zero attached hydrogens (tertiary/aromatic N) is 4. The van der Waals surface area contributed by atoms with E-state index in [1.807, 2.05) is 7.05 Å². The monoisotopic (exact) mass is 375 g/mol. The highest BCUT2D eigenvalue weighted by molar-refractivity contribution is 7.13. The summed E-state index contributed by atoms with van der Waals surface area (Å²) in [6.07, 6.45) is 8.92. The Labute approximate surface area is 157 Å². The molecule has 8 heteroatoms. The molecule has 2 aromatic heterocycles. The molecule has 1 saturated carbocycles. The molecule has 26 heavy (non-hydrogen) atoms. The lowest BCUT2D eigenvalue weighted by Gasteiger charge is -2.44. The fourth-order valence-electron chi connectivity index (χ4n) is 3.52. The third-order valence-corrected chi connectivity index (χ3v) is 5.94. The van der Waals surface area contributed by atoms with Crippen LogP contribution >= 0.6 is 11.3 Å². The van der Waals surface area contributed by atoms with E-state index in [2.05, 4.69) is 25.2 Å². The van der Waals surface area contributed by atoms with E-state index in [9.17, 15) is 9.90 Å². The lowest BCUT2D eigenvalue weighted by atomic mass is 9.80. The summed E-state index contributed by atoms with van der Waals surface area (Å²) in [6, 6.07) is 1.75. The Morgan fingerprint density at radius 3 is 2.73 bits per heavy atom. The average Bonchev–Trinajstić information content (AvgIpc) is 3.18. The standard InChI is InChI=1S/C18H25N5O2S/c1-23(10-11-24)18(6-3-2-4-7-18)13-21-16(25)14-12-26-17(22-14)15-19-8-5-9-20-15/h5,8-9,12,24H,2-4,6-7,10-11,13H2,1H3,(H,21,25).